The molecule has 3 rings (SSSR count). The van der Waals surface area contributed by atoms with E-state index in [4.69, 9.17) is 11.0 Å². The average molecular weight is 452 g/mol. The summed E-state index contributed by atoms with van der Waals surface area (Å²) in [7, 11) is 0. The fourth-order valence-electron chi connectivity index (χ4n) is 3.82. The van der Waals surface area contributed by atoms with E-state index >= 15 is 0 Å². The highest BCUT2D eigenvalue weighted by Gasteiger charge is 2.36. The average Bonchev–Trinajstić information content (AvgIpc) is 3.24. The van der Waals surface area contributed by atoms with E-state index in [1.807, 2.05) is 48.5 Å². The number of hydrogen-bond donors (Lipinski definition) is 2. The number of nitrogens with two attached hydrogens (primary N) is 1. The molecule has 1 fully saturated rings. The maximum absolute atomic E-state index is 12.9. The molecule has 168 valence electrons. The van der Waals surface area contributed by atoms with Gasteiger partial charge in [0, 0.05) is 6.54 Å². The summed E-state index contributed by atoms with van der Waals surface area (Å²) in [4.78, 5) is 27.2. The van der Waals surface area contributed by atoms with Gasteiger partial charge in [-0.05, 0) is 53.8 Å². The summed E-state index contributed by atoms with van der Waals surface area (Å²) < 4.78 is 0. The summed E-state index contributed by atoms with van der Waals surface area (Å²) in [6, 6.07) is 17.9. The van der Waals surface area contributed by atoms with Gasteiger partial charge in [-0.1, -0.05) is 42.5 Å². The van der Waals surface area contributed by atoms with Gasteiger partial charge in [0.25, 0.3) is 0 Å². The van der Waals surface area contributed by atoms with Gasteiger partial charge < -0.3 is 26.9 Å². The maximum Gasteiger partial charge on any atom is 0.241 e. The minimum atomic E-state index is -0.665. The highest BCUT2D eigenvalue weighted by molar-refractivity contribution is 6.13. The van der Waals surface area contributed by atoms with Gasteiger partial charge in [-0.25, -0.2) is 0 Å². The molecule has 1 aliphatic rings. The van der Waals surface area contributed by atoms with Crippen LogP contribution in [0.2, 0.25) is 0 Å². The Balaban J connectivity index is 0.00000256. The number of carbonyl (C=O) groups is 2. The lowest BCUT2D eigenvalue weighted by atomic mass is 10.0. The number of carbonyl (C=O) groups excluding carboxylic acids is 2. The number of nitriles is 1. The third-order valence-corrected chi connectivity index (χ3v) is 5.70. The van der Waals surface area contributed by atoms with Crippen molar-refractivity contribution in [3.8, 4) is 6.07 Å². The number of benzene rings is 2. The zero-order valence-corrected chi connectivity index (χ0v) is 19.0. The predicted octanol–water partition coefficient (Wildman–Crippen LogP) is -0.377. The first-order valence-corrected chi connectivity index (χ1v) is 10.8. The quantitative estimate of drug-likeness (QED) is 0.548. The van der Waals surface area contributed by atoms with Crippen molar-refractivity contribution in [2.45, 2.75) is 42.7 Å². The SMILES string of the molecule is N#Cc1cccc(C[C@@H]([Al])NC(=O)[C@@H]2CCCN2C(=O)[C@H](N)Cc2ccccc2)c1.O.O. The second-order valence-electron chi connectivity index (χ2n) is 7.62. The first-order valence-electron chi connectivity index (χ1n) is 10.1. The van der Waals surface area contributed by atoms with E-state index in [0.29, 0.717) is 31.4 Å². The van der Waals surface area contributed by atoms with Crippen LogP contribution in [0.3, 0.4) is 0 Å². The Hall–Kier alpha value is -2.72. The van der Waals surface area contributed by atoms with Gasteiger partial charge in [0.05, 0.1) is 17.7 Å². The summed E-state index contributed by atoms with van der Waals surface area (Å²) in [5.74, 6) is -0.345. The molecule has 0 spiro atoms. The van der Waals surface area contributed by atoms with Crippen molar-refractivity contribution in [2.24, 2.45) is 5.73 Å². The molecular weight excluding hydrogens is 423 g/mol. The molecule has 2 aromatic rings. The second-order valence-corrected chi connectivity index (χ2v) is 8.42. The molecule has 2 aromatic carbocycles. The van der Waals surface area contributed by atoms with Crippen molar-refractivity contribution in [1.82, 2.24) is 10.2 Å². The number of nitrogens with one attached hydrogen (secondary N) is 1. The molecule has 0 aromatic heterocycles. The van der Waals surface area contributed by atoms with Gasteiger partial charge in [-0.2, -0.15) is 5.26 Å². The van der Waals surface area contributed by atoms with E-state index in [0.717, 1.165) is 17.5 Å². The van der Waals surface area contributed by atoms with Crippen LogP contribution in [0.5, 0.6) is 0 Å². The Kier molecular flexibility index (Phi) is 11.1. The first-order chi connectivity index (χ1) is 14.5. The molecule has 0 unspecified atom stereocenters. The molecule has 32 heavy (non-hydrogen) atoms. The van der Waals surface area contributed by atoms with E-state index in [1.54, 1.807) is 11.0 Å². The number of amides is 2. The Labute approximate surface area is 196 Å². The van der Waals surface area contributed by atoms with Crippen molar-refractivity contribution in [2.75, 3.05) is 6.54 Å². The molecule has 3 atom stereocenters. The van der Waals surface area contributed by atoms with Crippen LogP contribution in [0.4, 0.5) is 0 Å². The molecular formula is C23H29AlN4O4. The minimum absolute atomic E-state index is 0. The molecule has 2 amide bonds. The zero-order chi connectivity index (χ0) is 21.5. The Bertz CT molecular complexity index is 935. The second kappa shape index (κ2) is 13.0. The molecule has 1 heterocycles. The summed E-state index contributed by atoms with van der Waals surface area (Å²) in [5.41, 5.74) is 8.74. The van der Waals surface area contributed by atoms with Gasteiger partial charge >= 0.3 is 0 Å². The normalized spacial score (nSPS) is 16.6. The molecule has 2 radical (unpaired) electrons. The number of hydrogen-bond acceptors (Lipinski definition) is 4. The predicted molar refractivity (Wildman–Crippen MR) is 123 cm³/mol. The van der Waals surface area contributed by atoms with Gasteiger partial charge in [0.15, 0.2) is 16.3 Å². The van der Waals surface area contributed by atoms with E-state index in [9.17, 15) is 9.59 Å². The summed E-state index contributed by atoms with van der Waals surface area (Å²) >= 11 is 2.63. The number of likely N-dealkylation sites (tertiary alicyclic amines) is 1. The van der Waals surface area contributed by atoms with Crippen molar-refractivity contribution in [1.29, 1.82) is 5.26 Å². The number of rotatable bonds is 7. The minimum Gasteiger partial charge on any atom is -0.412 e. The third-order valence-electron chi connectivity index (χ3n) is 5.29. The molecule has 8 nitrogen and oxygen atoms in total. The molecule has 7 N–H and O–H groups in total. The topological polar surface area (TPSA) is 162 Å². The highest BCUT2D eigenvalue weighted by Crippen LogP contribution is 2.19. The van der Waals surface area contributed by atoms with Crippen LogP contribution in [0, 0.1) is 11.3 Å². The smallest absolute Gasteiger partial charge is 0.241 e. The molecule has 0 saturated carbocycles. The van der Waals surface area contributed by atoms with Crippen molar-refractivity contribution in [3.63, 3.8) is 0 Å². The maximum atomic E-state index is 12.9. The first kappa shape index (κ1) is 27.3. The fourth-order valence-corrected chi connectivity index (χ4v) is 4.26. The van der Waals surface area contributed by atoms with Gasteiger partial charge in [0.1, 0.15) is 6.04 Å². The van der Waals surface area contributed by atoms with Crippen LogP contribution in [0.1, 0.15) is 29.5 Å². The van der Waals surface area contributed by atoms with Crippen LogP contribution in [-0.2, 0) is 22.4 Å². The molecule has 1 saturated heterocycles. The molecule has 9 heteroatoms. The van der Waals surface area contributed by atoms with E-state index < -0.39 is 12.1 Å². The number of nitrogens with zero attached hydrogens (tertiary/aromatic N) is 2. The van der Waals surface area contributed by atoms with Crippen LogP contribution in [0.25, 0.3) is 0 Å². The van der Waals surface area contributed by atoms with Crippen molar-refractivity contribution < 1.29 is 20.5 Å². The summed E-state index contributed by atoms with van der Waals surface area (Å²) in [6.45, 7) is 0.547. The van der Waals surface area contributed by atoms with Crippen LogP contribution < -0.4 is 11.1 Å². The third kappa shape index (κ3) is 7.17. The lowest BCUT2D eigenvalue weighted by Crippen LogP contribution is -2.53. The Morgan fingerprint density at radius 3 is 2.50 bits per heavy atom. The Morgan fingerprint density at radius 2 is 1.81 bits per heavy atom. The van der Waals surface area contributed by atoms with Crippen LogP contribution in [-0.4, -0.2) is 67.5 Å². The van der Waals surface area contributed by atoms with Crippen molar-refractivity contribution in [3.05, 3.63) is 71.3 Å². The largest absolute Gasteiger partial charge is 0.412 e. The van der Waals surface area contributed by atoms with E-state index in [1.165, 1.54) is 0 Å². The molecule has 0 bridgehead atoms. The van der Waals surface area contributed by atoms with Gasteiger partial charge in [-0.3, -0.25) is 9.59 Å². The van der Waals surface area contributed by atoms with Crippen molar-refractivity contribution >= 4 is 28.1 Å². The monoisotopic (exact) mass is 452 g/mol. The lowest BCUT2D eigenvalue weighted by molar-refractivity contribution is -0.139. The molecule has 1 aliphatic heterocycles. The molecule has 0 aliphatic carbocycles. The summed E-state index contributed by atoms with van der Waals surface area (Å²) in [5, 5.41) is 12.0. The standard InChI is InChI=1S/C23H25N4O2.Al.2H2O/c24-16-19-9-4-8-18(14-19)11-12-26-22(28)21-10-5-13-27(21)23(29)20(25)15-17-6-2-1-3-7-17;;;/h1-4,6-9,12,14,20-21H,5,10-11,13,15,25H2,(H,26,28);;2*1H2/t20-,21+;;;/m1.../s1. The van der Waals surface area contributed by atoms with Gasteiger partial charge in [0.2, 0.25) is 11.8 Å². The fraction of sp³-hybridized carbons (Fsp3) is 0.348. The van der Waals surface area contributed by atoms with Crippen LogP contribution in [0.15, 0.2) is 54.6 Å². The lowest BCUT2D eigenvalue weighted by Gasteiger charge is -2.28. The summed E-state index contributed by atoms with van der Waals surface area (Å²) in [6.07, 6.45) is 2.46. The van der Waals surface area contributed by atoms with E-state index in [2.05, 4.69) is 27.7 Å². The van der Waals surface area contributed by atoms with Gasteiger partial charge in [-0.15, -0.1) is 0 Å². The Morgan fingerprint density at radius 1 is 1.12 bits per heavy atom. The van der Waals surface area contributed by atoms with E-state index in [-0.39, 0.29) is 27.7 Å². The zero-order valence-electron chi connectivity index (χ0n) is 17.8. The highest BCUT2D eigenvalue weighted by atomic mass is 27.0. The van der Waals surface area contributed by atoms with Crippen LogP contribution >= 0.6 is 0 Å².